The Hall–Kier alpha value is -1.25. The van der Waals surface area contributed by atoms with Gasteiger partial charge in [-0.3, -0.25) is 4.98 Å². The molecule has 1 aromatic heterocycles. The molecule has 0 aliphatic heterocycles. The molecule has 0 aliphatic rings. The zero-order valence-electron chi connectivity index (χ0n) is 10.3. The Kier molecular flexibility index (Phi) is 4.10. The third-order valence-corrected chi connectivity index (χ3v) is 3.43. The number of anilines is 1. The number of pyridine rings is 1. The molecule has 2 nitrogen and oxygen atoms in total. The van der Waals surface area contributed by atoms with Crippen LogP contribution in [0.5, 0.6) is 0 Å². The Balaban J connectivity index is 2.09. The first-order valence-electron chi connectivity index (χ1n) is 5.68. The monoisotopic (exact) mass is 280 g/mol. The maximum absolute atomic E-state index is 5.98. The Morgan fingerprint density at radius 1 is 1.06 bits per heavy atom. The molecule has 0 unspecified atom stereocenters. The Labute approximate surface area is 117 Å². The van der Waals surface area contributed by atoms with Crippen LogP contribution in [-0.4, -0.2) is 4.98 Å². The van der Waals surface area contributed by atoms with Crippen LogP contribution in [0, 0.1) is 13.8 Å². The fourth-order valence-corrected chi connectivity index (χ4v) is 2.04. The van der Waals surface area contributed by atoms with Crippen molar-refractivity contribution in [1.29, 1.82) is 0 Å². The molecule has 0 saturated heterocycles. The minimum Gasteiger partial charge on any atom is -0.380 e. The van der Waals surface area contributed by atoms with Crippen LogP contribution in [-0.2, 0) is 6.54 Å². The molecular weight excluding hydrogens is 267 g/mol. The van der Waals surface area contributed by atoms with Gasteiger partial charge >= 0.3 is 0 Å². The zero-order valence-corrected chi connectivity index (χ0v) is 11.8. The van der Waals surface area contributed by atoms with E-state index in [4.69, 9.17) is 23.2 Å². The minimum atomic E-state index is 0.577. The number of rotatable bonds is 3. The van der Waals surface area contributed by atoms with Gasteiger partial charge in [-0.05, 0) is 43.7 Å². The van der Waals surface area contributed by atoms with Crippen molar-refractivity contribution in [3.05, 3.63) is 57.3 Å². The summed E-state index contributed by atoms with van der Waals surface area (Å²) in [6.45, 7) is 4.67. The van der Waals surface area contributed by atoms with Crippen LogP contribution < -0.4 is 5.32 Å². The summed E-state index contributed by atoms with van der Waals surface area (Å²) in [5.41, 5.74) is 4.14. The third kappa shape index (κ3) is 3.15. The van der Waals surface area contributed by atoms with Crippen molar-refractivity contribution < 1.29 is 0 Å². The van der Waals surface area contributed by atoms with Crippen molar-refractivity contribution >= 4 is 28.9 Å². The van der Waals surface area contributed by atoms with Crippen molar-refractivity contribution in [1.82, 2.24) is 4.98 Å². The van der Waals surface area contributed by atoms with Crippen LogP contribution in [0.1, 0.15) is 17.0 Å². The van der Waals surface area contributed by atoms with E-state index in [1.54, 1.807) is 6.07 Å². The lowest BCUT2D eigenvalue weighted by molar-refractivity contribution is 1.08. The summed E-state index contributed by atoms with van der Waals surface area (Å²) < 4.78 is 0. The summed E-state index contributed by atoms with van der Waals surface area (Å²) in [6, 6.07) is 9.66. The van der Waals surface area contributed by atoms with Crippen LogP contribution in [0.3, 0.4) is 0 Å². The summed E-state index contributed by atoms with van der Waals surface area (Å²) in [5, 5.41) is 4.49. The van der Waals surface area contributed by atoms with E-state index in [-0.39, 0.29) is 0 Å². The molecule has 94 valence electrons. The number of hydrogen-bond acceptors (Lipinski definition) is 2. The van der Waals surface area contributed by atoms with Crippen molar-refractivity contribution in [2.75, 3.05) is 5.32 Å². The van der Waals surface area contributed by atoms with E-state index in [0.717, 1.165) is 22.6 Å². The average molecular weight is 281 g/mol. The highest BCUT2D eigenvalue weighted by molar-refractivity contribution is 6.42. The van der Waals surface area contributed by atoms with Gasteiger partial charge in [0.25, 0.3) is 0 Å². The zero-order chi connectivity index (χ0) is 13.1. The summed E-state index contributed by atoms with van der Waals surface area (Å²) in [7, 11) is 0. The number of benzene rings is 1. The van der Waals surface area contributed by atoms with Gasteiger partial charge in [-0.25, -0.2) is 0 Å². The Morgan fingerprint density at radius 2 is 1.83 bits per heavy atom. The first kappa shape index (κ1) is 13.2. The smallest absolute Gasteiger partial charge is 0.0606 e. The predicted octanol–water partition coefficient (Wildman–Crippen LogP) is 4.62. The maximum atomic E-state index is 5.98. The number of aromatic nitrogens is 1. The Bertz CT molecular complexity index is 568. The molecule has 1 N–H and O–H groups in total. The predicted molar refractivity (Wildman–Crippen MR) is 77.5 cm³/mol. The van der Waals surface area contributed by atoms with E-state index in [9.17, 15) is 0 Å². The molecule has 0 spiro atoms. The molecule has 0 amide bonds. The second-order valence-electron chi connectivity index (χ2n) is 4.19. The van der Waals surface area contributed by atoms with E-state index in [1.165, 1.54) is 0 Å². The van der Waals surface area contributed by atoms with Gasteiger partial charge in [0.1, 0.15) is 0 Å². The van der Waals surface area contributed by atoms with E-state index >= 15 is 0 Å². The first-order chi connectivity index (χ1) is 8.56. The average Bonchev–Trinajstić information content (AvgIpc) is 2.32. The van der Waals surface area contributed by atoms with Crippen molar-refractivity contribution in [2.24, 2.45) is 0 Å². The van der Waals surface area contributed by atoms with Crippen LogP contribution >= 0.6 is 23.2 Å². The largest absolute Gasteiger partial charge is 0.380 e. The van der Waals surface area contributed by atoms with Crippen molar-refractivity contribution in [3.8, 4) is 0 Å². The van der Waals surface area contributed by atoms with E-state index in [0.29, 0.717) is 16.6 Å². The molecule has 18 heavy (non-hydrogen) atoms. The summed E-state index contributed by atoms with van der Waals surface area (Å²) in [4.78, 5) is 4.41. The van der Waals surface area contributed by atoms with E-state index in [2.05, 4.69) is 10.3 Å². The van der Waals surface area contributed by atoms with Crippen LogP contribution in [0.15, 0.2) is 30.3 Å². The first-order valence-corrected chi connectivity index (χ1v) is 6.44. The SMILES string of the molecule is Cc1ccc(NCc2ccc(Cl)c(Cl)c2)c(C)n1. The molecular formula is C14H14Cl2N2. The molecule has 0 fully saturated rings. The molecule has 1 aromatic carbocycles. The molecule has 0 aliphatic carbocycles. The third-order valence-electron chi connectivity index (χ3n) is 2.69. The number of halogens is 2. The highest BCUT2D eigenvalue weighted by atomic mass is 35.5. The second kappa shape index (κ2) is 5.59. The van der Waals surface area contributed by atoms with Crippen molar-refractivity contribution in [3.63, 3.8) is 0 Å². The molecule has 2 rings (SSSR count). The standard InChI is InChI=1S/C14H14Cl2N2/c1-9-3-6-14(10(2)18-9)17-8-11-4-5-12(15)13(16)7-11/h3-7,17H,8H2,1-2H3. The van der Waals surface area contributed by atoms with Gasteiger partial charge in [0.05, 0.1) is 21.4 Å². The van der Waals surface area contributed by atoms with Gasteiger partial charge < -0.3 is 5.32 Å². The highest BCUT2D eigenvalue weighted by Crippen LogP contribution is 2.23. The summed E-state index contributed by atoms with van der Waals surface area (Å²) in [6.07, 6.45) is 0. The van der Waals surface area contributed by atoms with Crippen molar-refractivity contribution in [2.45, 2.75) is 20.4 Å². The minimum absolute atomic E-state index is 0.577. The Morgan fingerprint density at radius 3 is 2.50 bits per heavy atom. The van der Waals surface area contributed by atoms with Gasteiger partial charge in [-0.2, -0.15) is 0 Å². The van der Waals surface area contributed by atoms with Gasteiger partial charge in [-0.15, -0.1) is 0 Å². The second-order valence-corrected chi connectivity index (χ2v) is 5.00. The summed E-state index contributed by atoms with van der Waals surface area (Å²) in [5.74, 6) is 0. The molecule has 1 heterocycles. The fourth-order valence-electron chi connectivity index (χ4n) is 1.72. The molecule has 0 radical (unpaired) electrons. The van der Waals surface area contributed by atoms with Crippen LogP contribution in [0.25, 0.3) is 0 Å². The normalized spacial score (nSPS) is 10.4. The lowest BCUT2D eigenvalue weighted by Crippen LogP contribution is -2.02. The molecule has 0 saturated carbocycles. The molecule has 4 heteroatoms. The maximum Gasteiger partial charge on any atom is 0.0606 e. The van der Waals surface area contributed by atoms with E-state index < -0.39 is 0 Å². The van der Waals surface area contributed by atoms with Crippen LogP contribution in [0.2, 0.25) is 10.0 Å². The lowest BCUT2D eigenvalue weighted by Gasteiger charge is -2.10. The summed E-state index contributed by atoms with van der Waals surface area (Å²) >= 11 is 11.9. The van der Waals surface area contributed by atoms with Gasteiger partial charge in [-0.1, -0.05) is 29.3 Å². The molecule has 0 atom stereocenters. The molecule has 0 bridgehead atoms. The number of hydrogen-bond donors (Lipinski definition) is 1. The van der Waals surface area contributed by atoms with E-state index in [1.807, 2.05) is 38.1 Å². The number of nitrogens with one attached hydrogen (secondary N) is 1. The number of aryl methyl sites for hydroxylation is 2. The number of nitrogens with zero attached hydrogens (tertiary/aromatic N) is 1. The van der Waals surface area contributed by atoms with Gasteiger partial charge in [0.2, 0.25) is 0 Å². The molecule has 2 aromatic rings. The fraction of sp³-hybridized carbons (Fsp3) is 0.214. The van der Waals surface area contributed by atoms with Gasteiger partial charge in [0, 0.05) is 12.2 Å². The van der Waals surface area contributed by atoms with Gasteiger partial charge in [0.15, 0.2) is 0 Å². The van der Waals surface area contributed by atoms with Crippen LogP contribution in [0.4, 0.5) is 5.69 Å². The quantitative estimate of drug-likeness (QED) is 0.888. The topological polar surface area (TPSA) is 24.9 Å². The lowest BCUT2D eigenvalue weighted by atomic mass is 10.2. The highest BCUT2D eigenvalue weighted by Gasteiger charge is 2.02.